The monoisotopic (exact) mass is 327 g/mol. The van der Waals surface area contributed by atoms with E-state index >= 15 is 0 Å². The normalized spacial score (nSPS) is 10.4. The smallest absolute Gasteiger partial charge is 0.221 e. The maximum Gasteiger partial charge on any atom is 0.221 e. The molecular weight excluding hydrogens is 316 g/mol. The minimum atomic E-state index is -0.494. The summed E-state index contributed by atoms with van der Waals surface area (Å²) in [6.45, 7) is 0.150. The number of nitrogens with one attached hydrogen (secondary N) is 1. The molecule has 0 saturated heterocycles. The number of aromatic nitrogens is 1. The Morgan fingerprint density at radius 3 is 2.81 bits per heavy atom. The number of nitrogens with two attached hydrogens (primary N) is 1. The number of benzene rings is 1. The molecular formula is C14H12Cl2FN3O. The fraction of sp³-hybridized carbons (Fsp3) is 0.143. The van der Waals surface area contributed by atoms with Crippen LogP contribution in [0.25, 0.3) is 0 Å². The summed E-state index contributed by atoms with van der Waals surface area (Å²) < 4.78 is 13.7. The molecule has 3 N–H and O–H groups in total. The second-order valence-corrected chi connectivity index (χ2v) is 5.16. The Morgan fingerprint density at radius 1 is 1.38 bits per heavy atom. The molecule has 0 saturated carbocycles. The van der Waals surface area contributed by atoms with E-state index in [9.17, 15) is 9.18 Å². The van der Waals surface area contributed by atoms with Crippen LogP contribution < -0.4 is 11.1 Å². The van der Waals surface area contributed by atoms with Gasteiger partial charge in [-0.15, -0.1) is 0 Å². The highest BCUT2D eigenvalue weighted by Crippen LogP contribution is 2.23. The van der Waals surface area contributed by atoms with Gasteiger partial charge in [0.05, 0.1) is 6.42 Å². The van der Waals surface area contributed by atoms with Crippen molar-refractivity contribution in [2.24, 2.45) is 5.73 Å². The number of carbonyl (C=O) groups is 1. The van der Waals surface area contributed by atoms with Gasteiger partial charge in [-0.25, -0.2) is 9.37 Å². The molecule has 0 radical (unpaired) electrons. The Labute approximate surface area is 131 Å². The summed E-state index contributed by atoms with van der Waals surface area (Å²) in [7, 11) is 0. The molecule has 0 aliphatic rings. The van der Waals surface area contributed by atoms with Crippen molar-refractivity contribution in [3.05, 3.63) is 57.6 Å². The van der Waals surface area contributed by atoms with Gasteiger partial charge >= 0.3 is 0 Å². The Balaban J connectivity index is 2.23. The van der Waals surface area contributed by atoms with Crippen molar-refractivity contribution in [1.82, 2.24) is 4.98 Å². The van der Waals surface area contributed by atoms with Crippen molar-refractivity contribution in [2.45, 2.75) is 13.0 Å². The number of nitrogens with zero attached hydrogens (tertiary/aromatic N) is 1. The molecule has 0 bridgehead atoms. The Morgan fingerprint density at radius 2 is 2.14 bits per heavy atom. The Hall–Kier alpha value is -1.85. The second kappa shape index (κ2) is 6.74. The van der Waals surface area contributed by atoms with E-state index < -0.39 is 11.7 Å². The highest BCUT2D eigenvalue weighted by Gasteiger charge is 2.10. The van der Waals surface area contributed by atoms with Gasteiger partial charge in [-0.2, -0.15) is 0 Å². The predicted molar refractivity (Wildman–Crippen MR) is 80.9 cm³/mol. The molecule has 0 atom stereocenters. The number of amides is 1. The molecule has 0 fully saturated rings. The molecule has 0 spiro atoms. The highest BCUT2D eigenvalue weighted by atomic mass is 35.5. The third-order valence-corrected chi connectivity index (χ3v) is 3.40. The summed E-state index contributed by atoms with van der Waals surface area (Å²) in [6.07, 6.45) is 1.47. The molecule has 1 aromatic heterocycles. The van der Waals surface area contributed by atoms with E-state index in [1.165, 1.54) is 18.3 Å². The number of primary amides is 1. The molecule has 1 heterocycles. The molecule has 0 unspecified atom stereocenters. The number of pyridine rings is 1. The van der Waals surface area contributed by atoms with E-state index in [1.54, 1.807) is 12.1 Å². The van der Waals surface area contributed by atoms with Gasteiger partial charge in [0.1, 0.15) is 11.0 Å². The van der Waals surface area contributed by atoms with Crippen LogP contribution in [0.2, 0.25) is 10.2 Å². The number of halogens is 3. The van der Waals surface area contributed by atoms with E-state index in [0.717, 1.165) is 0 Å². The summed E-state index contributed by atoms with van der Waals surface area (Å²) in [5, 5.41) is 3.57. The molecule has 110 valence electrons. The van der Waals surface area contributed by atoms with Crippen LogP contribution in [-0.2, 0) is 17.8 Å². The minimum Gasteiger partial charge on any atom is -0.380 e. The lowest BCUT2D eigenvalue weighted by molar-refractivity contribution is -0.117. The van der Waals surface area contributed by atoms with Gasteiger partial charge in [0, 0.05) is 34.6 Å². The van der Waals surface area contributed by atoms with E-state index in [-0.39, 0.29) is 18.1 Å². The molecule has 7 heteroatoms. The van der Waals surface area contributed by atoms with Gasteiger partial charge in [-0.3, -0.25) is 4.79 Å². The van der Waals surface area contributed by atoms with E-state index in [2.05, 4.69) is 10.3 Å². The van der Waals surface area contributed by atoms with E-state index in [1.807, 2.05) is 0 Å². The molecule has 2 aromatic rings. The van der Waals surface area contributed by atoms with E-state index in [0.29, 0.717) is 21.8 Å². The van der Waals surface area contributed by atoms with Crippen LogP contribution >= 0.6 is 23.2 Å². The average Bonchev–Trinajstić information content (AvgIpc) is 2.40. The lowest BCUT2D eigenvalue weighted by atomic mass is 10.1. The van der Waals surface area contributed by atoms with Gasteiger partial charge in [0.15, 0.2) is 0 Å². The zero-order valence-electron chi connectivity index (χ0n) is 10.9. The summed E-state index contributed by atoms with van der Waals surface area (Å²) in [5.41, 5.74) is 6.65. The Kier molecular flexibility index (Phi) is 4.98. The standard InChI is InChI=1S/C14H12Cl2FN3O/c15-10-2-1-3-11(17)9(10)7-19-12-5-13(16)20-6-8(12)4-14(18)21/h1-3,5-6H,4,7H2,(H2,18,21)(H,19,20). The fourth-order valence-corrected chi connectivity index (χ4v) is 2.22. The molecule has 1 amide bonds. The third-order valence-electron chi connectivity index (χ3n) is 2.84. The van der Waals surface area contributed by atoms with Crippen LogP contribution in [0.15, 0.2) is 30.5 Å². The van der Waals surface area contributed by atoms with Gasteiger partial charge in [0.25, 0.3) is 0 Å². The maximum atomic E-state index is 13.7. The van der Waals surface area contributed by atoms with Gasteiger partial charge in [-0.1, -0.05) is 29.3 Å². The zero-order valence-corrected chi connectivity index (χ0v) is 12.4. The first-order valence-electron chi connectivity index (χ1n) is 6.07. The van der Waals surface area contributed by atoms with Gasteiger partial charge in [0.2, 0.25) is 5.91 Å². The van der Waals surface area contributed by atoms with Crippen LogP contribution in [0.3, 0.4) is 0 Å². The Bertz CT molecular complexity index is 659. The van der Waals surface area contributed by atoms with Crippen LogP contribution in [0.4, 0.5) is 10.1 Å². The topological polar surface area (TPSA) is 68.0 Å². The molecule has 4 nitrogen and oxygen atoms in total. The quantitative estimate of drug-likeness (QED) is 0.829. The zero-order chi connectivity index (χ0) is 15.4. The minimum absolute atomic E-state index is 0.0114. The molecule has 21 heavy (non-hydrogen) atoms. The van der Waals surface area contributed by atoms with Crippen LogP contribution in [0.1, 0.15) is 11.1 Å². The lowest BCUT2D eigenvalue weighted by Crippen LogP contribution is -2.15. The second-order valence-electron chi connectivity index (χ2n) is 4.36. The van der Waals surface area contributed by atoms with Crippen molar-refractivity contribution in [1.29, 1.82) is 0 Å². The van der Waals surface area contributed by atoms with Crippen LogP contribution in [0.5, 0.6) is 0 Å². The van der Waals surface area contributed by atoms with Gasteiger partial charge < -0.3 is 11.1 Å². The first kappa shape index (κ1) is 15.5. The summed E-state index contributed by atoms with van der Waals surface area (Å²) in [6, 6.07) is 6.01. The van der Waals surface area contributed by atoms with Crippen LogP contribution in [-0.4, -0.2) is 10.9 Å². The molecule has 1 aromatic carbocycles. The molecule has 0 aliphatic heterocycles. The SMILES string of the molecule is NC(=O)Cc1cnc(Cl)cc1NCc1c(F)cccc1Cl. The first-order valence-corrected chi connectivity index (χ1v) is 6.82. The average molecular weight is 328 g/mol. The number of hydrogen-bond acceptors (Lipinski definition) is 3. The highest BCUT2D eigenvalue weighted by molar-refractivity contribution is 6.31. The van der Waals surface area contributed by atoms with Crippen molar-refractivity contribution in [3.8, 4) is 0 Å². The molecule has 0 aliphatic carbocycles. The number of anilines is 1. The van der Waals surface area contributed by atoms with Crippen molar-refractivity contribution in [2.75, 3.05) is 5.32 Å². The fourth-order valence-electron chi connectivity index (χ4n) is 1.84. The summed E-state index contributed by atoms with van der Waals surface area (Å²) >= 11 is 11.8. The first-order chi connectivity index (χ1) is 9.97. The maximum absolute atomic E-state index is 13.7. The van der Waals surface area contributed by atoms with Crippen molar-refractivity contribution >= 4 is 34.8 Å². The molecule has 2 rings (SSSR count). The number of rotatable bonds is 5. The van der Waals surface area contributed by atoms with E-state index in [4.69, 9.17) is 28.9 Å². The van der Waals surface area contributed by atoms with Crippen molar-refractivity contribution < 1.29 is 9.18 Å². The lowest BCUT2D eigenvalue weighted by Gasteiger charge is -2.12. The third kappa shape index (κ3) is 4.06. The van der Waals surface area contributed by atoms with Gasteiger partial charge in [-0.05, 0) is 18.2 Å². The number of carbonyl (C=O) groups excluding carboxylic acids is 1. The summed E-state index contributed by atoms with van der Waals surface area (Å²) in [5.74, 6) is -0.905. The summed E-state index contributed by atoms with van der Waals surface area (Å²) in [4.78, 5) is 14.9. The van der Waals surface area contributed by atoms with Crippen LogP contribution in [0, 0.1) is 5.82 Å². The largest absolute Gasteiger partial charge is 0.380 e. The number of hydrogen-bond donors (Lipinski definition) is 2. The van der Waals surface area contributed by atoms with Crippen molar-refractivity contribution in [3.63, 3.8) is 0 Å². The predicted octanol–water partition coefficient (Wildman–Crippen LogP) is 3.17.